The smallest absolute Gasteiger partial charge is 0.344 e. The first-order chi connectivity index (χ1) is 16.9. The number of fused-ring (bicyclic) bond motifs is 1. The maximum absolute atomic E-state index is 13.1. The van der Waals surface area contributed by atoms with Crippen molar-refractivity contribution in [3.05, 3.63) is 84.2 Å². The highest BCUT2D eigenvalue weighted by atomic mass is 19.1. The van der Waals surface area contributed by atoms with Crippen molar-refractivity contribution >= 4 is 34.3 Å². The van der Waals surface area contributed by atoms with Crippen molar-refractivity contribution in [3.8, 4) is 17.0 Å². The molecule has 35 heavy (non-hydrogen) atoms. The minimum absolute atomic E-state index is 0.255. The van der Waals surface area contributed by atoms with Crippen molar-refractivity contribution in [1.82, 2.24) is 4.98 Å². The van der Waals surface area contributed by atoms with Gasteiger partial charge in [-0.1, -0.05) is 29.8 Å². The Balaban J connectivity index is 1.63. The first kappa shape index (κ1) is 23.7. The van der Waals surface area contributed by atoms with Gasteiger partial charge in [0.2, 0.25) is 0 Å². The van der Waals surface area contributed by atoms with E-state index >= 15 is 0 Å². The Hall–Kier alpha value is -4.46. The zero-order valence-corrected chi connectivity index (χ0v) is 19.3. The molecule has 0 aliphatic heterocycles. The van der Waals surface area contributed by atoms with Gasteiger partial charge in [-0.3, -0.25) is 0 Å². The standard InChI is InChI=1S/C27H24FN3O4/c1-3-34-26(32)16-35-25-15-24(18-6-4-17(2)5-7-18)31-23-13-12-21(14-22(23)25)30-27(33)29-20-10-8-19(28)9-11-20/h4-15H,3,16H2,1-2H3,(H2,29,30,33). The molecule has 0 atom stereocenters. The van der Waals surface area contributed by atoms with Crippen molar-refractivity contribution in [2.75, 3.05) is 23.8 Å². The molecule has 2 amide bonds. The monoisotopic (exact) mass is 473 g/mol. The van der Waals surface area contributed by atoms with Gasteiger partial charge >= 0.3 is 12.0 Å². The lowest BCUT2D eigenvalue weighted by atomic mass is 10.1. The zero-order chi connectivity index (χ0) is 24.8. The highest BCUT2D eigenvalue weighted by Gasteiger charge is 2.13. The molecule has 3 aromatic carbocycles. The van der Waals surface area contributed by atoms with Crippen LogP contribution in [0, 0.1) is 12.7 Å². The van der Waals surface area contributed by atoms with Crippen molar-refractivity contribution in [2.45, 2.75) is 13.8 Å². The van der Waals surface area contributed by atoms with Gasteiger partial charge in [0.15, 0.2) is 6.61 Å². The Bertz CT molecular complexity index is 1360. The lowest BCUT2D eigenvalue weighted by Crippen LogP contribution is -2.19. The molecule has 4 rings (SSSR count). The number of hydrogen-bond acceptors (Lipinski definition) is 5. The highest BCUT2D eigenvalue weighted by Crippen LogP contribution is 2.32. The van der Waals surface area contributed by atoms with Crippen LogP contribution >= 0.6 is 0 Å². The maximum Gasteiger partial charge on any atom is 0.344 e. The molecule has 0 fully saturated rings. The fraction of sp³-hybridized carbons (Fsp3) is 0.148. The molecule has 4 aromatic rings. The molecule has 0 aliphatic carbocycles. The number of pyridine rings is 1. The molecule has 0 aliphatic rings. The summed E-state index contributed by atoms with van der Waals surface area (Å²) in [5, 5.41) is 6.00. The number of hydrogen-bond donors (Lipinski definition) is 2. The number of aryl methyl sites for hydroxylation is 1. The third-order valence-electron chi connectivity index (χ3n) is 5.13. The van der Waals surface area contributed by atoms with Gasteiger partial charge in [-0.25, -0.2) is 19.0 Å². The van der Waals surface area contributed by atoms with Crippen molar-refractivity contribution in [2.24, 2.45) is 0 Å². The number of rotatable bonds is 7. The quantitative estimate of drug-likeness (QED) is 0.325. The molecule has 0 bridgehead atoms. The van der Waals surface area contributed by atoms with Crippen LogP contribution in [-0.4, -0.2) is 30.2 Å². The molecular formula is C27H24FN3O4. The minimum atomic E-state index is -0.491. The van der Waals surface area contributed by atoms with Gasteiger partial charge in [0.05, 0.1) is 17.8 Å². The number of nitrogens with zero attached hydrogens (tertiary/aromatic N) is 1. The average Bonchev–Trinajstić information content (AvgIpc) is 2.84. The van der Waals surface area contributed by atoms with E-state index in [-0.39, 0.29) is 13.2 Å². The largest absolute Gasteiger partial charge is 0.481 e. The molecule has 7 nitrogen and oxygen atoms in total. The van der Waals surface area contributed by atoms with Crippen LogP contribution in [0.25, 0.3) is 22.2 Å². The predicted octanol–water partition coefficient (Wildman–Crippen LogP) is 5.94. The van der Waals surface area contributed by atoms with Crippen molar-refractivity contribution < 1.29 is 23.5 Å². The molecule has 178 valence electrons. The molecule has 0 spiro atoms. The molecule has 1 heterocycles. The number of carbonyl (C=O) groups excluding carboxylic acids is 2. The molecule has 0 saturated carbocycles. The third kappa shape index (κ3) is 6.11. The minimum Gasteiger partial charge on any atom is -0.481 e. The highest BCUT2D eigenvalue weighted by molar-refractivity contribution is 6.01. The number of carbonyl (C=O) groups is 2. The second kappa shape index (κ2) is 10.6. The SMILES string of the molecule is CCOC(=O)COc1cc(-c2ccc(C)cc2)nc2ccc(NC(=O)Nc3ccc(F)cc3)cc12. The van der Waals surface area contributed by atoms with Gasteiger partial charge < -0.3 is 20.1 Å². The fourth-order valence-corrected chi connectivity index (χ4v) is 3.43. The number of nitrogens with one attached hydrogen (secondary N) is 2. The van der Waals surface area contributed by atoms with Crippen LogP contribution in [0.2, 0.25) is 0 Å². The van der Waals surface area contributed by atoms with E-state index < -0.39 is 17.8 Å². The third-order valence-corrected chi connectivity index (χ3v) is 5.13. The maximum atomic E-state index is 13.1. The topological polar surface area (TPSA) is 89.6 Å². The van der Waals surface area contributed by atoms with Crippen molar-refractivity contribution in [1.29, 1.82) is 0 Å². The van der Waals surface area contributed by atoms with Crippen LogP contribution in [0.1, 0.15) is 12.5 Å². The first-order valence-electron chi connectivity index (χ1n) is 11.0. The molecular weight excluding hydrogens is 449 g/mol. The number of benzene rings is 3. The van der Waals surface area contributed by atoms with E-state index in [0.717, 1.165) is 11.1 Å². The first-order valence-corrected chi connectivity index (χ1v) is 11.0. The number of anilines is 2. The predicted molar refractivity (Wildman–Crippen MR) is 133 cm³/mol. The average molecular weight is 474 g/mol. The number of urea groups is 1. The van der Waals surface area contributed by atoms with E-state index in [1.165, 1.54) is 24.3 Å². The van der Waals surface area contributed by atoms with Crippen LogP contribution in [0.15, 0.2) is 72.8 Å². The van der Waals surface area contributed by atoms with Crippen LogP contribution < -0.4 is 15.4 Å². The summed E-state index contributed by atoms with van der Waals surface area (Å²) in [5.74, 6) is -0.443. The summed E-state index contributed by atoms with van der Waals surface area (Å²) in [6, 6.07) is 19.8. The van der Waals surface area contributed by atoms with Gasteiger partial charge in [-0.05, 0) is 56.3 Å². The normalized spacial score (nSPS) is 10.6. The summed E-state index contributed by atoms with van der Waals surface area (Å²) in [5.41, 5.74) is 4.29. The van der Waals surface area contributed by atoms with Gasteiger partial charge in [0, 0.05) is 28.4 Å². The fourth-order valence-electron chi connectivity index (χ4n) is 3.43. The van der Waals surface area contributed by atoms with Crippen LogP contribution in [-0.2, 0) is 9.53 Å². The number of esters is 1. The number of amides is 2. The molecule has 0 radical (unpaired) electrons. The second-order valence-corrected chi connectivity index (χ2v) is 7.78. The number of aromatic nitrogens is 1. The summed E-state index contributed by atoms with van der Waals surface area (Å²) >= 11 is 0. The number of halogens is 1. The molecule has 8 heteroatoms. The number of ether oxygens (including phenoxy) is 2. The Morgan fingerprint density at radius 1 is 0.914 bits per heavy atom. The van der Waals surface area contributed by atoms with Gasteiger partial charge in [-0.2, -0.15) is 0 Å². The molecule has 0 unspecified atom stereocenters. The van der Waals surface area contributed by atoms with Crippen LogP contribution in [0.4, 0.5) is 20.6 Å². The van der Waals surface area contributed by atoms with Crippen LogP contribution in [0.5, 0.6) is 5.75 Å². The summed E-state index contributed by atoms with van der Waals surface area (Å²) in [7, 11) is 0. The van der Waals surface area contributed by atoms with Gasteiger partial charge in [-0.15, -0.1) is 0 Å². The van der Waals surface area contributed by atoms with Crippen LogP contribution in [0.3, 0.4) is 0 Å². The second-order valence-electron chi connectivity index (χ2n) is 7.78. The van der Waals surface area contributed by atoms with E-state index in [1.54, 1.807) is 31.2 Å². The zero-order valence-electron chi connectivity index (χ0n) is 19.3. The lowest BCUT2D eigenvalue weighted by Gasteiger charge is -2.13. The van der Waals surface area contributed by atoms with E-state index in [0.29, 0.717) is 33.7 Å². The molecule has 0 saturated heterocycles. The molecule has 2 N–H and O–H groups in total. The Morgan fingerprint density at radius 2 is 1.60 bits per heavy atom. The van der Waals surface area contributed by atoms with E-state index in [2.05, 4.69) is 10.6 Å². The van der Waals surface area contributed by atoms with E-state index in [1.807, 2.05) is 31.2 Å². The van der Waals surface area contributed by atoms with Gasteiger partial charge in [0.1, 0.15) is 11.6 Å². The van der Waals surface area contributed by atoms with E-state index in [9.17, 15) is 14.0 Å². The van der Waals surface area contributed by atoms with Crippen molar-refractivity contribution in [3.63, 3.8) is 0 Å². The Labute approximate surface area is 201 Å². The summed E-state index contributed by atoms with van der Waals surface area (Å²) < 4.78 is 23.9. The summed E-state index contributed by atoms with van der Waals surface area (Å²) in [6.45, 7) is 3.73. The summed E-state index contributed by atoms with van der Waals surface area (Å²) in [6.07, 6.45) is 0. The van der Waals surface area contributed by atoms with Gasteiger partial charge in [0.25, 0.3) is 0 Å². The lowest BCUT2D eigenvalue weighted by molar-refractivity contribution is -0.145. The molecule has 1 aromatic heterocycles. The Kier molecular flexibility index (Phi) is 7.21. The van der Waals surface area contributed by atoms with E-state index in [4.69, 9.17) is 14.5 Å². The Morgan fingerprint density at radius 3 is 2.31 bits per heavy atom. The summed E-state index contributed by atoms with van der Waals surface area (Å²) in [4.78, 5) is 29.1.